The fraction of sp³-hybridized carbons (Fsp3) is 0.933. The van der Waals surface area contributed by atoms with Gasteiger partial charge >= 0.3 is 0 Å². The Morgan fingerprint density at radius 2 is 2.06 bits per heavy atom. The van der Waals surface area contributed by atoms with E-state index in [1.807, 2.05) is 0 Å². The number of nitrogens with zero attached hydrogens (tertiary/aromatic N) is 1. The van der Waals surface area contributed by atoms with E-state index in [1.165, 1.54) is 12.8 Å². The zero-order valence-corrected chi connectivity index (χ0v) is 12.6. The van der Waals surface area contributed by atoms with Gasteiger partial charge in [-0.2, -0.15) is 0 Å². The lowest BCUT2D eigenvalue weighted by molar-refractivity contribution is -0.143. The summed E-state index contributed by atoms with van der Waals surface area (Å²) in [5.41, 5.74) is -0.128. The van der Waals surface area contributed by atoms with Gasteiger partial charge in [0, 0.05) is 19.1 Å². The number of amides is 1. The number of rotatable bonds is 7. The second-order valence-corrected chi connectivity index (χ2v) is 5.86. The minimum atomic E-state index is -0.128. The van der Waals surface area contributed by atoms with Crippen LogP contribution >= 0.6 is 0 Å². The third-order valence-corrected chi connectivity index (χ3v) is 4.26. The van der Waals surface area contributed by atoms with Crippen molar-refractivity contribution < 1.29 is 4.79 Å². The highest BCUT2D eigenvalue weighted by Crippen LogP contribution is 2.32. The van der Waals surface area contributed by atoms with Gasteiger partial charge in [-0.3, -0.25) is 4.79 Å². The molecular formula is C15H30N2O. The summed E-state index contributed by atoms with van der Waals surface area (Å²) < 4.78 is 0. The van der Waals surface area contributed by atoms with Gasteiger partial charge < -0.3 is 10.2 Å². The molecule has 18 heavy (non-hydrogen) atoms. The Bertz CT molecular complexity index is 257. The molecule has 0 radical (unpaired) electrons. The molecule has 1 atom stereocenters. The van der Waals surface area contributed by atoms with Crippen molar-refractivity contribution >= 4 is 5.91 Å². The third-order valence-electron chi connectivity index (χ3n) is 4.26. The Morgan fingerprint density at radius 1 is 1.33 bits per heavy atom. The highest BCUT2D eigenvalue weighted by atomic mass is 16.2. The summed E-state index contributed by atoms with van der Waals surface area (Å²) in [6, 6.07) is 0.318. The molecule has 0 aromatic rings. The number of nitrogens with one attached hydrogen (secondary N) is 1. The Morgan fingerprint density at radius 3 is 2.50 bits per heavy atom. The zero-order valence-electron chi connectivity index (χ0n) is 12.6. The monoisotopic (exact) mass is 254 g/mol. The van der Waals surface area contributed by atoms with Crippen LogP contribution in [0.3, 0.4) is 0 Å². The standard InChI is InChI=1S/C15H30N2O/c1-5-7-8-11-17(13(3)4)14(18)15(6-2)9-10-16-12-15/h13,16H,5-12H2,1-4H3. The molecule has 1 rings (SSSR count). The molecule has 1 unspecified atom stereocenters. The molecule has 0 bridgehead atoms. The number of unbranched alkanes of at least 4 members (excludes halogenated alkanes) is 2. The van der Waals surface area contributed by atoms with Crippen LogP contribution < -0.4 is 5.32 Å². The summed E-state index contributed by atoms with van der Waals surface area (Å²) >= 11 is 0. The second-order valence-electron chi connectivity index (χ2n) is 5.86. The summed E-state index contributed by atoms with van der Waals surface area (Å²) in [5, 5.41) is 3.36. The number of carbonyl (C=O) groups excluding carboxylic acids is 1. The van der Waals surface area contributed by atoms with Crippen LogP contribution in [0.5, 0.6) is 0 Å². The molecule has 0 aromatic heterocycles. The Balaban J connectivity index is 2.68. The van der Waals surface area contributed by atoms with Crippen molar-refractivity contribution in [3.05, 3.63) is 0 Å². The minimum Gasteiger partial charge on any atom is -0.340 e. The van der Waals surface area contributed by atoms with E-state index in [9.17, 15) is 4.79 Å². The van der Waals surface area contributed by atoms with Gasteiger partial charge in [-0.15, -0.1) is 0 Å². The molecule has 3 heteroatoms. The molecule has 1 aliphatic rings. The molecule has 3 nitrogen and oxygen atoms in total. The lowest BCUT2D eigenvalue weighted by Gasteiger charge is -2.36. The first-order valence-electron chi connectivity index (χ1n) is 7.59. The molecule has 106 valence electrons. The van der Waals surface area contributed by atoms with Crippen LogP contribution in [0.15, 0.2) is 0 Å². The average Bonchev–Trinajstić information content (AvgIpc) is 2.83. The van der Waals surface area contributed by atoms with Gasteiger partial charge in [0.05, 0.1) is 5.41 Å². The highest BCUT2D eigenvalue weighted by molar-refractivity contribution is 5.83. The van der Waals surface area contributed by atoms with E-state index in [1.54, 1.807) is 0 Å². The molecule has 0 saturated carbocycles. The summed E-state index contributed by atoms with van der Waals surface area (Å²) in [6.07, 6.45) is 5.51. The summed E-state index contributed by atoms with van der Waals surface area (Å²) in [7, 11) is 0. The lowest BCUT2D eigenvalue weighted by Crippen LogP contribution is -2.48. The van der Waals surface area contributed by atoms with Crippen LogP contribution in [0.4, 0.5) is 0 Å². The molecule has 1 heterocycles. The van der Waals surface area contributed by atoms with Crippen LogP contribution in [0, 0.1) is 5.41 Å². The van der Waals surface area contributed by atoms with Gasteiger partial charge in [-0.05, 0) is 39.7 Å². The van der Waals surface area contributed by atoms with E-state index in [4.69, 9.17) is 0 Å². The first-order valence-corrected chi connectivity index (χ1v) is 7.59. The van der Waals surface area contributed by atoms with Crippen molar-refractivity contribution in [1.82, 2.24) is 10.2 Å². The van der Waals surface area contributed by atoms with Gasteiger partial charge in [0.2, 0.25) is 5.91 Å². The smallest absolute Gasteiger partial charge is 0.230 e. The number of hydrogen-bond donors (Lipinski definition) is 1. The summed E-state index contributed by atoms with van der Waals surface area (Å²) in [6.45, 7) is 11.4. The van der Waals surface area contributed by atoms with Crippen molar-refractivity contribution in [2.24, 2.45) is 5.41 Å². The van der Waals surface area contributed by atoms with Crippen molar-refractivity contribution in [2.45, 2.75) is 65.8 Å². The Hall–Kier alpha value is -0.570. The number of hydrogen-bond acceptors (Lipinski definition) is 2. The Labute approximate surface area is 112 Å². The molecule has 0 spiro atoms. The van der Waals surface area contributed by atoms with E-state index in [0.29, 0.717) is 11.9 Å². The lowest BCUT2D eigenvalue weighted by atomic mass is 9.82. The summed E-state index contributed by atoms with van der Waals surface area (Å²) in [5.74, 6) is 0.376. The SMILES string of the molecule is CCCCCN(C(=O)C1(CC)CCNC1)C(C)C. The maximum Gasteiger partial charge on any atom is 0.230 e. The molecule has 1 fully saturated rings. The third kappa shape index (κ3) is 3.47. The van der Waals surface area contributed by atoms with E-state index >= 15 is 0 Å². The van der Waals surface area contributed by atoms with Crippen LogP contribution in [0.25, 0.3) is 0 Å². The van der Waals surface area contributed by atoms with Gasteiger partial charge in [-0.25, -0.2) is 0 Å². The first-order chi connectivity index (χ1) is 8.57. The largest absolute Gasteiger partial charge is 0.340 e. The zero-order chi connectivity index (χ0) is 13.6. The van der Waals surface area contributed by atoms with E-state index in [0.717, 1.165) is 38.9 Å². The van der Waals surface area contributed by atoms with Gasteiger partial charge in [-0.1, -0.05) is 26.7 Å². The molecule has 1 saturated heterocycles. The van der Waals surface area contributed by atoms with Gasteiger partial charge in [0.25, 0.3) is 0 Å². The van der Waals surface area contributed by atoms with Crippen LogP contribution in [-0.2, 0) is 4.79 Å². The van der Waals surface area contributed by atoms with Crippen molar-refractivity contribution in [3.8, 4) is 0 Å². The quantitative estimate of drug-likeness (QED) is 0.709. The molecule has 1 amide bonds. The maximum atomic E-state index is 12.8. The van der Waals surface area contributed by atoms with Gasteiger partial charge in [0.15, 0.2) is 0 Å². The fourth-order valence-corrected chi connectivity index (χ4v) is 2.81. The van der Waals surface area contributed by atoms with E-state index in [-0.39, 0.29) is 5.41 Å². The van der Waals surface area contributed by atoms with Crippen molar-refractivity contribution in [3.63, 3.8) is 0 Å². The van der Waals surface area contributed by atoms with Crippen molar-refractivity contribution in [2.75, 3.05) is 19.6 Å². The predicted molar refractivity (Wildman–Crippen MR) is 76.6 cm³/mol. The van der Waals surface area contributed by atoms with Crippen molar-refractivity contribution in [1.29, 1.82) is 0 Å². The molecule has 1 aliphatic heterocycles. The van der Waals surface area contributed by atoms with Crippen LogP contribution in [0.2, 0.25) is 0 Å². The predicted octanol–water partition coefficient (Wildman–Crippen LogP) is 2.80. The topological polar surface area (TPSA) is 32.3 Å². The van der Waals surface area contributed by atoms with E-state index < -0.39 is 0 Å². The number of carbonyl (C=O) groups is 1. The van der Waals surface area contributed by atoms with Gasteiger partial charge in [0.1, 0.15) is 0 Å². The van der Waals surface area contributed by atoms with E-state index in [2.05, 4.69) is 37.9 Å². The highest BCUT2D eigenvalue weighted by Gasteiger charge is 2.42. The van der Waals surface area contributed by atoms with Crippen LogP contribution in [-0.4, -0.2) is 36.5 Å². The fourth-order valence-electron chi connectivity index (χ4n) is 2.81. The molecule has 1 N–H and O–H groups in total. The maximum absolute atomic E-state index is 12.8. The average molecular weight is 254 g/mol. The second kappa shape index (κ2) is 7.13. The normalized spacial score (nSPS) is 23.6. The molecular weight excluding hydrogens is 224 g/mol. The van der Waals surface area contributed by atoms with Crippen LogP contribution in [0.1, 0.15) is 59.8 Å². The first kappa shape index (κ1) is 15.5. The Kier molecular flexibility index (Phi) is 6.13. The molecule has 0 aromatic carbocycles. The summed E-state index contributed by atoms with van der Waals surface area (Å²) in [4.78, 5) is 14.9. The minimum absolute atomic E-state index is 0.128. The molecule has 0 aliphatic carbocycles.